The van der Waals surface area contributed by atoms with E-state index in [1.54, 1.807) is 12.1 Å². The smallest absolute Gasteiger partial charge is 0.165 e. The molecule has 0 atom stereocenters. The summed E-state index contributed by atoms with van der Waals surface area (Å²) in [6.07, 6.45) is 0. The van der Waals surface area contributed by atoms with Gasteiger partial charge in [-0.3, -0.25) is 0 Å². The summed E-state index contributed by atoms with van der Waals surface area (Å²) in [6.45, 7) is 12.9. The van der Waals surface area contributed by atoms with Gasteiger partial charge < -0.3 is 4.57 Å². The highest BCUT2D eigenvalue weighted by atomic mass is 15.1. The molecule has 4 heteroatoms. The van der Waals surface area contributed by atoms with Crippen LogP contribution in [-0.4, -0.2) is 19.5 Å². The third kappa shape index (κ3) is 5.53. The number of fused-ring (bicyclic) bond motifs is 9. The second-order valence-corrected chi connectivity index (χ2v) is 17.2. The van der Waals surface area contributed by atoms with Crippen LogP contribution in [0.1, 0.15) is 120 Å². The van der Waals surface area contributed by atoms with Crippen molar-refractivity contribution < 1.29 is 21.9 Å². The molecule has 0 spiro atoms. The van der Waals surface area contributed by atoms with Crippen LogP contribution in [0.25, 0.3) is 61.1 Å². The number of hydrogen-bond donors (Lipinski definition) is 0. The van der Waals surface area contributed by atoms with Crippen molar-refractivity contribution in [2.45, 2.75) is 64.2 Å². The minimum Gasteiger partial charge on any atom is -0.309 e. The van der Waals surface area contributed by atoms with Gasteiger partial charge >= 0.3 is 0 Å². The Morgan fingerprint density at radius 2 is 0.847 bits per heavy atom. The van der Waals surface area contributed by atoms with Crippen LogP contribution >= 0.6 is 0 Å². The number of aromatic nitrogens is 4. The van der Waals surface area contributed by atoms with Gasteiger partial charge in [0.25, 0.3) is 0 Å². The second kappa shape index (κ2) is 12.9. The Labute approximate surface area is 368 Å². The highest BCUT2D eigenvalue weighted by Gasteiger charge is 2.36. The van der Waals surface area contributed by atoms with Gasteiger partial charge in [0.05, 0.1) is 50.5 Å². The van der Waals surface area contributed by atoms with E-state index in [-0.39, 0.29) is 72.8 Å². The summed E-state index contributed by atoms with van der Waals surface area (Å²) in [5, 5.41) is 1.94. The highest BCUT2D eigenvalue weighted by Crippen LogP contribution is 2.50. The van der Waals surface area contributed by atoms with Gasteiger partial charge in [0.1, 0.15) is 11.6 Å². The second-order valence-electron chi connectivity index (χ2n) is 17.2. The van der Waals surface area contributed by atoms with Crippen LogP contribution in [0, 0.1) is 0 Å². The molecule has 0 unspecified atom stereocenters. The van der Waals surface area contributed by atoms with E-state index in [2.05, 4.69) is 82.5 Å². The van der Waals surface area contributed by atoms with E-state index in [9.17, 15) is 5.48 Å². The summed E-state index contributed by atoms with van der Waals surface area (Å²) < 4.78 is 146. The standard InChI is InChI=1S/C55H46N4/c1-54(2,3)33-27-29-47-44(31-33)45-32-34(55(4,5)6)28-30-48(45)59(47)46-26-16-15-25-43(46)51-56-52(49-39-21-11-7-17-35(39)36-18-8-12-22-40(36)49)58-53(57-51)50-41-23-13-9-19-37(41)38-20-10-14-24-42(38)50/h7-32,49-50H,1-6H3/i7D,8D,9D,10D,11D,12D,13D,14D,17D,18D,19D,20D,21D,22D,23D,24D. The van der Waals surface area contributed by atoms with E-state index in [1.165, 1.54) is 0 Å². The summed E-state index contributed by atoms with van der Waals surface area (Å²) in [4.78, 5) is 15.3. The topological polar surface area (TPSA) is 43.6 Å². The lowest BCUT2D eigenvalue weighted by Gasteiger charge is -2.20. The fraction of sp³-hybridized carbons (Fsp3) is 0.182. The Kier molecular flexibility index (Phi) is 4.93. The molecule has 11 rings (SSSR count). The minimum absolute atomic E-state index is 0.0634. The molecule has 2 aliphatic carbocycles. The molecular weight excluding hydrogens is 717 g/mol. The van der Waals surface area contributed by atoms with E-state index in [4.69, 9.17) is 31.4 Å². The zero-order chi connectivity index (χ0) is 54.1. The molecule has 2 aliphatic rings. The van der Waals surface area contributed by atoms with E-state index in [1.807, 2.05) is 12.1 Å². The first-order valence-corrected chi connectivity index (χ1v) is 19.5. The average Bonchev–Trinajstić information content (AvgIpc) is 4.06. The number of para-hydroxylation sites is 1. The zero-order valence-corrected chi connectivity index (χ0v) is 33.2. The maximum atomic E-state index is 9.38. The number of rotatable bonds is 4. The van der Waals surface area contributed by atoms with Crippen LogP contribution in [0.4, 0.5) is 0 Å². The highest BCUT2D eigenvalue weighted by molar-refractivity contribution is 6.10. The maximum Gasteiger partial charge on any atom is 0.165 e. The molecule has 0 N–H and O–H groups in total. The van der Waals surface area contributed by atoms with Gasteiger partial charge in [-0.25, -0.2) is 15.0 Å². The molecule has 0 amide bonds. The normalized spacial score (nSPS) is 17.6. The molecule has 0 fully saturated rings. The van der Waals surface area contributed by atoms with Gasteiger partial charge in [0, 0.05) is 16.3 Å². The van der Waals surface area contributed by atoms with Crippen molar-refractivity contribution in [2.75, 3.05) is 0 Å². The lowest BCUT2D eigenvalue weighted by molar-refractivity contribution is 0.590. The molecule has 2 aromatic heterocycles. The predicted molar refractivity (Wildman–Crippen MR) is 243 cm³/mol. The third-order valence-corrected chi connectivity index (χ3v) is 11.6. The Hall–Kier alpha value is -6.65. The number of hydrogen-bond acceptors (Lipinski definition) is 3. The molecule has 9 aromatic rings. The maximum absolute atomic E-state index is 9.38. The Morgan fingerprint density at radius 3 is 1.25 bits per heavy atom. The van der Waals surface area contributed by atoms with Crippen LogP contribution < -0.4 is 0 Å². The average molecular weight is 779 g/mol. The van der Waals surface area contributed by atoms with Crippen LogP contribution in [0.3, 0.4) is 0 Å². The summed E-state index contributed by atoms with van der Waals surface area (Å²) in [5.41, 5.74) is 3.18. The zero-order valence-electron chi connectivity index (χ0n) is 49.2. The van der Waals surface area contributed by atoms with E-state index in [0.29, 0.717) is 11.3 Å². The quantitative estimate of drug-likeness (QED) is 0.179. The van der Waals surface area contributed by atoms with Crippen molar-refractivity contribution in [3.63, 3.8) is 0 Å². The van der Waals surface area contributed by atoms with Gasteiger partial charge in [-0.2, -0.15) is 0 Å². The van der Waals surface area contributed by atoms with Crippen LogP contribution in [0.15, 0.2) is 157 Å². The van der Waals surface area contributed by atoms with Gasteiger partial charge in [-0.1, -0.05) is 162 Å². The van der Waals surface area contributed by atoms with Crippen LogP contribution in [0.5, 0.6) is 0 Å². The van der Waals surface area contributed by atoms with E-state index < -0.39 is 109 Å². The fourth-order valence-electron chi connectivity index (χ4n) is 8.61. The van der Waals surface area contributed by atoms with Gasteiger partial charge in [-0.05, 0) is 103 Å². The monoisotopic (exact) mass is 778 g/mol. The minimum atomic E-state index is -1.53. The van der Waals surface area contributed by atoms with Gasteiger partial charge in [0.2, 0.25) is 0 Å². The molecule has 59 heavy (non-hydrogen) atoms. The number of nitrogens with zero attached hydrogens (tertiary/aromatic N) is 4. The van der Waals surface area contributed by atoms with Gasteiger partial charge in [0.15, 0.2) is 5.82 Å². The van der Waals surface area contributed by atoms with E-state index in [0.717, 1.165) is 32.9 Å². The van der Waals surface area contributed by atoms with Crippen molar-refractivity contribution in [1.29, 1.82) is 0 Å². The van der Waals surface area contributed by atoms with Crippen molar-refractivity contribution >= 4 is 21.8 Å². The molecule has 4 nitrogen and oxygen atoms in total. The Morgan fingerprint density at radius 1 is 0.458 bits per heavy atom. The van der Waals surface area contributed by atoms with Crippen molar-refractivity contribution in [2.24, 2.45) is 0 Å². The van der Waals surface area contributed by atoms with E-state index >= 15 is 0 Å². The van der Waals surface area contributed by atoms with Crippen LogP contribution in [0.2, 0.25) is 0 Å². The molecule has 0 saturated heterocycles. The Bertz CT molecular complexity index is 3710. The third-order valence-electron chi connectivity index (χ3n) is 11.6. The van der Waals surface area contributed by atoms with Crippen molar-refractivity contribution in [1.82, 2.24) is 19.5 Å². The van der Waals surface area contributed by atoms with Gasteiger partial charge in [-0.15, -0.1) is 0 Å². The lowest BCUT2D eigenvalue weighted by atomic mass is 9.85. The molecule has 2 heterocycles. The summed E-state index contributed by atoms with van der Waals surface area (Å²) in [6, 6.07) is 10.4. The molecule has 286 valence electrons. The summed E-state index contributed by atoms with van der Waals surface area (Å²) >= 11 is 0. The van der Waals surface area contributed by atoms with Crippen molar-refractivity contribution in [3.8, 4) is 39.3 Å². The first-order chi connectivity index (χ1) is 35.2. The summed E-state index contributed by atoms with van der Waals surface area (Å²) in [5.74, 6) is -3.64. The largest absolute Gasteiger partial charge is 0.309 e. The number of benzene rings is 7. The summed E-state index contributed by atoms with van der Waals surface area (Å²) in [7, 11) is 0. The lowest BCUT2D eigenvalue weighted by Crippen LogP contribution is -2.14. The molecule has 0 aliphatic heterocycles. The first kappa shape index (κ1) is 22.5. The molecule has 0 saturated carbocycles. The molecule has 7 aromatic carbocycles. The fourth-order valence-corrected chi connectivity index (χ4v) is 8.61. The molecule has 0 radical (unpaired) electrons. The Balaban J connectivity index is 1.30. The molecule has 0 bridgehead atoms. The SMILES string of the molecule is [2H]c1c([2H])c([2H])c2c(c1[2H])-c1c([2H])c([2H])c([2H])c([2H])c1C2c1nc(-c2ccccc2-n2c3ccc(C(C)(C)C)cc3c3cc(C(C)(C)C)ccc32)nc(C2c3c([2H])c([2H])c([2H])c([2H])c3-c3c([2H])c([2H])c([2H])c([2H])c32)n1. The first-order valence-electron chi connectivity index (χ1n) is 27.5. The van der Waals surface area contributed by atoms with Crippen LogP contribution in [-0.2, 0) is 10.8 Å². The van der Waals surface area contributed by atoms with Crippen molar-refractivity contribution in [3.05, 3.63) is 202 Å². The molecular formula is C55H46N4. The predicted octanol–water partition coefficient (Wildman–Crippen LogP) is 13.6.